The predicted octanol–water partition coefficient (Wildman–Crippen LogP) is 4.18. The van der Waals surface area contributed by atoms with Crippen molar-refractivity contribution in [3.05, 3.63) is 11.6 Å². The Morgan fingerprint density at radius 2 is 1.67 bits per heavy atom. The van der Waals surface area contributed by atoms with Crippen LogP contribution in [0.5, 0.6) is 0 Å². The van der Waals surface area contributed by atoms with Gasteiger partial charge < -0.3 is 9.47 Å². The van der Waals surface area contributed by atoms with Crippen LogP contribution in [0.3, 0.4) is 0 Å². The van der Waals surface area contributed by atoms with Crippen LogP contribution in [0.25, 0.3) is 0 Å². The van der Waals surface area contributed by atoms with Crippen LogP contribution < -0.4 is 0 Å². The lowest BCUT2D eigenvalue weighted by molar-refractivity contribution is -0.171. The molecule has 134 valence electrons. The summed E-state index contributed by atoms with van der Waals surface area (Å²) in [6.07, 6.45) is 8.65. The van der Waals surface area contributed by atoms with Crippen molar-refractivity contribution in [2.45, 2.75) is 72.1 Å². The van der Waals surface area contributed by atoms with Crippen LogP contribution in [0.15, 0.2) is 11.6 Å². The van der Waals surface area contributed by atoms with Crippen molar-refractivity contribution in [3.8, 4) is 11.8 Å². The third-order valence-corrected chi connectivity index (χ3v) is 4.03. The number of esters is 2. The molecule has 0 spiro atoms. The number of allylic oxidation sites excluding steroid dienone is 2. The SMILES string of the molecule is CCCCCC#CCC(CC=C1CC1)(C(=O)OCC)C(=O)OCC. The summed E-state index contributed by atoms with van der Waals surface area (Å²) in [5.74, 6) is 5.07. The highest BCUT2D eigenvalue weighted by atomic mass is 16.6. The third-order valence-electron chi connectivity index (χ3n) is 4.03. The summed E-state index contributed by atoms with van der Waals surface area (Å²) in [5.41, 5.74) is -0.0526. The molecule has 1 aliphatic rings. The van der Waals surface area contributed by atoms with E-state index in [9.17, 15) is 9.59 Å². The van der Waals surface area contributed by atoms with E-state index in [0.717, 1.165) is 38.5 Å². The van der Waals surface area contributed by atoms with E-state index in [1.54, 1.807) is 13.8 Å². The quantitative estimate of drug-likeness (QED) is 0.198. The predicted molar refractivity (Wildman–Crippen MR) is 94.2 cm³/mol. The largest absolute Gasteiger partial charge is 0.465 e. The Kier molecular flexibility index (Phi) is 9.22. The monoisotopic (exact) mass is 334 g/mol. The van der Waals surface area contributed by atoms with Gasteiger partial charge in [0.25, 0.3) is 0 Å². The zero-order chi connectivity index (χ0) is 17.8. The van der Waals surface area contributed by atoms with Gasteiger partial charge in [0.2, 0.25) is 0 Å². The molecule has 24 heavy (non-hydrogen) atoms. The Morgan fingerprint density at radius 1 is 1.04 bits per heavy atom. The highest BCUT2D eigenvalue weighted by Gasteiger charge is 2.47. The number of rotatable bonds is 10. The lowest BCUT2D eigenvalue weighted by Crippen LogP contribution is -2.41. The highest BCUT2D eigenvalue weighted by molar-refractivity contribution is 6.00. The second-order valence-electron chi connectivity index (χ2n) is 6.08. The second-order valence-corrected chi connectivity index (χ2v) is 6.08. The molecule has 0 aliphatic heterocycles. The van der Waals surface area contributed by atoms with Crippen LogP contribution in [-0.2, 0) is 19.1 Å². The van der Waals surface area contributed by atoms with Crippen molar-refractivity contribution in [2.24, 2.45) is 5.41 Å². The van der Waals surface area contributed by atoms with E-state index in [1.807, 2.05) is 6.08 Å². The summed E-state index contributed by atoms with van der Waals surface area (Å²) < 4.78 is 10.4. The number of unbranched alkanes of at least 4 members (excludes halogenated alkanes) is 3. The summed E-state index contributed by atoms with van der Waals surface area (Å²) in [7, 11) is 0. The van der Waals surface area contributed by atoms with Gasteiger partial charge in [-0.25, -0.2) is 0 Å². The minimum absolute atomic E-state index is 0.153. The lowest BCUT2D eigenvalue weighted by atomic mass is 9.80. The van der Waals surface area contributed by atoms with Crippen molar-refractivity contribution in [3.63, 3.8) is 0 Å². The Hall–Kier alpha value is -1.76. The summed E-state index contributed by atoms with van der Waals surface area (Å²) in [6.45, 7) is 6.10. The van der Waals surface area contributed by atoms with Gasteiger partial charge in [0.1, 0.15) is 0 Å². The Labute approximate surface area is 146 Å². The molecule has 0 aromatic rings. The van der Waals surface area contributed by atoms with Gasteiger partial charge >= 0.3 is 11.9 Å². The van der Waals surface area contributed by atoms with Gasteiger partial charge in [0.05, 0.1) is 13.2 Å². The van der Waals surface area contributed by atoms with Crippen molar-refractivity contribution in [1.29, 1.82) is 0 Å². The Balaban J connectivity index is 2.92. The molecule has 0 amide bonds. The Morgan fingerprint density at radius 3 is 2.17 bits per heavy atom. The van der Waals surface area contributed by atoms with Crippen LogP contribution in [0, 0.1) is 17.3 Å². The first-order valence-corrected chi connectivity index (χ1v) is 9.08. The average Bonchev–Trinajstić information content (AvgIpc) is 3.38. The fourth-order valence-corrected chi connectivity index (χ4v) is 2.37. The standard InChI is InChI=1S/C20H30O4/c1-4-7-8-9-10-11-15-20(18(21)23-5-2,19(22)24-6-3)16-14-17-12-13-17/h14H,4-9,12-13,15-16H2,1-3H3. The van der Waals surface area contributed by atoms with E-state index in [0.29, 0.717) is 6.42 Å². The van der Waals surface area contributed by atoms with Gasteiger partial charge in [0.15, 0.2) is 5.41 Å². The summed E-state index contributed by atoms with van der Waals surface area (Å²) in [5, 5.41) is 0. The van der Waals surface area contributed by atoms with Gasteiger partial charge in [-0.1, -0.05) is 31.4 Å². The molecule has 0 aromatic carbocycles. The van der Waals surface area contributed by atoms with Crippen molar-refractivity contribution < 1.29 is 19.1 Å². The molecule has 4 nitrogen and oxygen atoms in total. The molecule has 1 rings (SSSR count). The zero-order valence-corrected chi connectivity index (χ0v) is 15.3. The van der Waals surface area contributed by atoms with Gasteiger partial charge in [0, 0.05) is 12.8 Å². The fraction of sp³-hybridized carbons (Fsp3) is 0.700. The summed E-state index contributed by atoms with van der Waals surface area (Å²) >= 11 is 0. The van der Waals surface area contributed by atoms with Gasteiger partial charge in [-0.3, -0.25) is 9.59 Å². The molecule has 1 fully saturated rings. The van der Waals surface area contributed by atoms with Crippen molar-refractivity contribution in [1.82, 2.24) is 0 Å². The van der Waals surface area contributed by atoms with E-state index in [-0.39, 0.29) is 19.6 Å². The second kappa shape index (κ2) is 10.9. The first kappa shape index (κ1) is 20.3. The molecule has 0 atom stereocenters. The summed E-state index contributed by atoms with van der Waals surface area (Å²) in [4.78, 5) is 25.1. The summed E-state index contributed by atoms with van der Waals surface area (Å²) in [6, 6.07) is 0. The molecular formula is C20H30O4. The van der Waals surface area contributed by atoms with E-state index in [1.165, 1.54) is 5.57 Å². The molecular weight excluding hydrogens is 304 g/mol. The molecule has 1 aliphatic carbocycles. The number of carbonyl (C=O) groups is 2. The third kappa shape index (κ3) is 6.39. The van der Waals surface area contributed by atoms with Crippen molar-refractivity contribution in [2.75, 3.05) is 13.2 Å². The molecule has 0 radical (unpaired) electrons. The lowest BCUT2D eigenvalue weighted by Gasteiger charge is -2.26. The van der Waals surface area contributed by atoms with E-state index in [4.69, 9.17) is 9.47 Å². The molecule has 0 heterocycles. The van der Waals surface area contributed by atoms with E-state index < -0.39 is 17.4 Å². The van der Waals surface area contributed by atoms with Crippen LogP contribution >= 0.6 is 0 Å². The van der Waals surface area contributed by atoms with Gasteiger partial charge in [-0.2, -0.15) is 0 Å². The smallest absolute Gasteiger partial charge is 0.324 e. The minimum Gasteiger partial charge on any atom is -0.465 e. The zero-order valence-electron chi connectivity index (χ0n) is 15.3. The first-order chi connectivity index (χ1) is 11.6. The molecule has 0 bridgehead atoms. The molecule has 4 heteroatoms. The Bertz CT molecular complexity index is 483. The first-order valence-electron chi connectivity index (χ1n) is 9.08. The van der Waals surface area contributed by atoms with Crippen molar-refractivity contribution >= 4 is 11.9 Å². The molecule has 0 unspecified atom stereocenters. The highest BCUT2D eigenvalue weighted by Crippen LogP contribution is 2.35. The molecule has 1 saturated carbocycles. The maximum atomic E-state index is 12.6. The normalized spacial score (nSPS) is 12.9. The van der Waals surface area contributed by atoms with E-state index >= 15 is 0 Å². The maximum absolute atomic E-state index is 12.6. The van der Waals surface area contributed by atoms with Gasteiger partial charge in [-0.15, -0.1) is 11.8 Å². The van der Waals surface area contributed by atoms with E-state index in [2.05, 4.69) is 18.8 Å². The number of hydrogen-bond donors (Lipinski definition) is 0. The number of ether oxygens (including phenoxy) is 2. The van der Waals surface area contributed by atoms with Crippen LogP contribution in [-0.4, -0.2) is 25.2 Å². The van der Waals surface area contributed by atoms with Gasteiger partial charge in [-0.05, 0) is 39.5 Å². The topological polar surface area (TPSA) is 52.6 Å². The van der Waals surface area contributed by atoms with Crippen LogP contribution in [0.1, 0.15) is 72.1 Å². The fourth-order valence-electron chi connectivity index (χ4n) is 2.37. The molecule has 0 N–H and O–H groups in total. The average molecular weight is 334 g/mol. The number of carbonyl (C=O) groups excluding carboxylic acids is 2. The molecule has 0 aromatic heterocycles. The molecule has 0 saturated heterocycles. The maximum Gasteiger partial charge on any atom is 0.324 e. The minimum atomic E-state index is -1.33. The van der Waals surface area contributed by atoms with Crippen LogP contribution in [0.2, 0.25) is 0 Å². The number of hydrogen-bond acceptors (Lipinski definition) is 4. The van der Waals surface area contributed by atoms with Crippen LogP contribution in [0.4, 0.5) is 0 Å².